The summed E-state index contributed by atoms with van der Waals surface area (Å²) < 4.78 is 18.0. The molecule has 0 bridgehead atoms. The second-order valence-corrected chi connectivity index (χ2v) is 10.4. The lowest BCUT2D eigenvalue weighted by molar-refractivity contribution is -0.140. The van der Waals surface area contributed by atoms with Crippen LogP contribution in [-0.2, 0) is 20.9 Å². The maximum absolute atomic E-state index is 12.9. The molecule has 1 aliphatic heterocycles. The van der Waals surface area contributed by atoms with E-state index < -0.39 is 0 Å². The van der Waals surface area contributed by atoms with Crippen LogP contribution in [0.15, 0.2) is 51.8 Å². The molecule has 0 saturated carbocycles. The van der Waals surface area contributed by atoms with Gasteiger partial charge in [0.15, 0.2) is 11.5 Å². The molecule has 0 N–H and O–H groups in total. The minimum atomic E-state index is -0.213. The van der Waals surface area contributed by atoms with E-state index in [1.165, 1.54) is 18.9 Å². The van der Waals surface area contributed by atoms with E-state index in [0.717, 1.165) is 34.9 Å². The number of hydrogen-bond donors (Lipinski definition) is 0. The highest BCUT2D eigenvalue weighted by molar-refractivity contribution is 9.10. The number of nitrogens with zero attached hydrogens (tertiary/aromatic N) is 1. The van der Waals surface area contributed by atoms with Gasteiger partial charge in [-0.25, -0.2) is 0 Å². The van der Waals surface area contributed by atoms with E-state index in [1.54, 1.807) is 4.90 Å². The van der Waals surface area contributed by atoms with Gasteiger partial charge in [0, 0.05) is 17.4 Å². The van der Waals surface area contributed by atoms with E-state index >= 15 is 0 Å². The molecule has 9 heteroatoms. The first-order chi connectivity index (χ1) is 16.9. The van der Waals surface area contributed by atoms with Crippen LogP contribution in [0.4, 0.5) is 0 Å². The lowest BCUT2D eigenvalue weighted by Gasteiger charge is -2.14. The fourth-order valence-electron chi connectivity index (χ4n) is 3.45. The Labute approximate surface area is 224 Å². The molecular formula is C26H28BrNO5S2. The predicted octanol–water partition coefficient (Wildman–Crippen LogP) is 6.36. The third-order valence-electron chi connectivity index (χ3n) is 5.21. The Kier molecular flexibility index (Phi) is 10.6. The van der Waals surface area contributed by atoms with E-state index in [0.29, 0.717) is 46.9 Å². The summed E-state index contributed by atoms with van der Waals surface area (Å²) in [6.07, 6.45) is 4.55. The first-order valence-electron chi connectivity index (χ1n) is 11.4. The van der Waals surface area contributed by atoms with Crippen molar-refractivity contribution in [3.8, 4) is 11.5 Å². The number of ether oxygens (including phenoxy) is 3. The number of thioether (sulfide) groups is 1. The predicted molar refractivity (Wildman–Crippen MR) is 146 cm³/mol. The summed E-state index contributed by atoms with van der Waals surface area (Å²) in [7, 11) is 1.39. The van der Waals surface area contributed by atoms with Gasteiger partial charge in [0.2, 0.25) is 0 Å². The maximum atomic E-state index is 12.9. The molecule has 1 aliphatic rings. The summed E-state index contributed by atoms with van der Waals surface area (Å²) in [5.74, 6) is 0.955. The van der Waals surface area contributed by atoms with Gasteiger partial charge in [0.1, 0.15) is 10.9 Å². The zero-order valence-corrected chi connectivity index (χ0v) is 23.0. The van der Waals surface area contributed by atoms with Gasteiger partial charge in [-0.2, -0.15) is 0 Å². The fourth-order valence-corrected chi connectivity index (χ4v) is 5.21. The Morgan fingerprint density at radius 3 is 2.69 bits per heavy atom. The Hall–Kier alpha value is -2.36. The highest BCUT2D eigenvalue weighted by Crippen LogP contribution is 2.35. The van der Waals surface area contributed by atoms with E-state index in [1.807, 2.05) is 55.5 Å². The van der Waals surface area contributed by atoms with Crippen LogP contribution in [0.25, 0.3) is 6.08 Å². The number of methoxy groups -OCH3 is 1. The Bertz CT molecular complexity index is 1100. The minimum Gasteiger partial charge on any atom is -0.490 e. The normalized spacial score (nSPS) is 14.5. The number of amides is 1. The van der Waals surface area contributed by atoms with Gasteiger partial charge >= 0.3 is 5.97 Å². The molecule has 186 valence electrons. The monoisotopic (exact) mass is 577 g/mol. The molecule has 2 aromatic carbocycles. The van der Waals surface area contributed by atoms with Crippen molar-refractivity contribution in [3.05, 3.63) is 63.0 Å². The molecule has 35 heavy (non-hydrogen) atoms. The number of benzene rings is 2. The molecule has 6 nitrogen and oxygen atoms in total. The number of esters is 1. The van der Waals surface area contributed by atoms with E-state index in [-0.39, 0.29) is 11.9 Å². The van der Waals surface area contributed by atoms with Gasteiger partial charge < -0.3 is 14.2 Å². The summed E-state index contributed by atoms with van der Waals surface area (Å²) in [6.45, 7) is 3.36. The molecule has 1 fully saturated rings. The molecule has 0 aliphatic carbocycles. The van der Waals surface area contributed by atoms with Gasteiger partial charge in [0.05, 0.1) is 18.6 Å². The summed E-state index contributed by atoms with van der Waals surface area (Å²) in [6, 6.07) is 13.6. The van der Waals surface area contributed by atoms with E-state index in [2.05, 4.69) is 20.7 Å². The van der Waals surface area contributed by atoms with E-state index in [9.17, 15) is 9.59 Å². The first kappa shape index (κ1) is 27.2. The van der Waals surface area contributed by atoms with Crippen molar-refractivity contribution in [1.82, 2.24) is 4.90 Å². The minimum absolute atomic E-state index is 0.0964. The van der Waals surface area contributed by atoms with E-state index in [4.69, 9.17) is 21.7 Å². The van der Waals surface area contributed by atoms with Crippen molar-refractivity contribution in [2.75, 3.05) is 20.3 Å². The molecule has 0 aromatic heterocycles. The summed E-state index contributed by atoms with van der Waals surface area (Å²) in [4.78, 5) is 26.3. The van der Waals surface area contributed by atoms with Crippen molar-refractivity contribution in [2.45, 2.75) is 39.2 Å². The van der Waals surface area contributed by atoms with Gasteiger partial charge in [0.25, 0.3) is 5.91 Å². The molecular weight excluding hydrogens is 550 g/mol. The second kappa shape index (κ2) is 13.7. The number of hydrogen-bond acceptors (Lipinski definition) is 7. The van der Waals surface area contributed by atoms with Gasteiger partial charge in [-0.15, -0.1) is 0 Å². The van der Waals surface area contributed by atoms with Crippen molar-refractivity contribution >= 4 is 62.2 Å². The van der Waals surface area contributed by atoms with Crippen LogP contribution in [0.1, 0.15) is 43.7 Å². The third-order valence-corrected chi connectivity index (χ3v) is 7.08. The van der Waals surface area contributed by atoms with Crippen LogP contribution >= 0.6 is 39.9 Å². The van der Waals surface area contributed by atoms with Crippen molar-refractivity contribution in [2.24, 2.45) is 0 Å². The van der Waals surface area contributed by atoms with Crippen LogP contribution in [0.3, 0.4) is 0 Å². The molecule has 2 aromatic rings. The van der Waals surface area contributed by atoms with Crippen LogP contribution in [0.2, 0.25) is 0 Å². The molecule has 1 heterocycles. The quantitative estimate of drug-likeness (QED) is 0.126. The SMILES string of the molecule is CCOc1cc(/C=C2/SC(=S)N(CCCCCC(=O)OC)C2=O)ccc1OCc1cccc(Br)c1. The lowest BCUT2D eigenvalue weighted by Crippen LogP contribution is -2.29. The van der Waals surface area contributed by atoms with Crippen molar-refractivity contribution in [3.63, 3.8) is 0 Å². The summed E-state index contributed by atoms with van der Waals surface area (Å²) in [5, 5.41) is 0. The number of thiocarbonyl (C=S) groups is 1. The fraction of sp³-hybridized carbons (Fsp3) is 0.346. The van der Waals surface area contributed by atoms with Crippen LogP contribution in [0.5, 0.6) is 11.5 Å². The van der Waals surface area contributed by atoms with Crippen molar-refractivity contribution in [1.29, 1.82) is 0 Å². The van der Waals surface area contributed by atoms with Gasteiger partial charge in [-0.05, 0) is 61.2 Å². The highest BCUT2D eigenvalue weighted by atomic mass is 79.9. The summed E-state index contributed by atoms with van der Waals surface area (Å²) in [5.41, 5.74) is 1.88. The first-order valence-corrected chi connectivity index (χ1v) is 13.4. The molecule has 0 atom stereocenters. The Balaban J connectivity index is 1.63. The highest BCUT2D eigenvalue weighted by Gasteiger charge is 2.31. The second-order valence-electron chi connectivity index (χ2n) is 7.78. The van der Waals surface area contributed by atoms with Crippen LogP contribution < -0.4 is 9.47 Å². The number of carbonyl (C=O) groups is 2. The number of halogens is 1. The van der Waals surface area contributed by atoms with Crippen LogP contribution in [-0.4, -0.2) is 41.4 Å². The smallest absolute Gasteiger partial charge is 0.305 e. The number of rotatable bonds is 12. The average Bonchev–Trinajstić information content (AvgIpc) is 3.10. The van der Waals surface area contributed by atoms with Crippen molar-refractivity contribution < 1.29 is 23.8 Å². The zero-order valence-electron chi connectivity index (χ0n) is 19.8. The Morgan fingerprint density at radius 2 is 1.94 bits per heavy atom. The lowest BCUT2D eigenvalue weighted by atomic mass is 10.1. The number of unbranched alkanes of at least 4 members (excludes halogenated alkanes) is 2. The number of carbonyl (C=O) groups excluding carboxylic acids is 2. The summed E-state index contributed by atoms with van der Waals surface area (Å²) >= 11 is 10.2. The molecule has 3 rings (SSSR count). The molecule has 1 saturated heterocycles. The third kappa shape index (κ3) is 8.08. The zero-order chi connectivity index (χ0) is 25.2. The average molecular weight is 579 g/mol. The van der Waals surface area contributed by atoms with Gasteiger partial charge in [-0.3, -0.25) is 14.5 Å². The van der Waals surface area contributed by atoms with Crippen LogP contribution in [0, 0.1) is 0 Å². The van der Waals surface area contributed by atoms with Gasteiger partial charge in [-0.1, -0.05) is 64.5 Å². The molecule has 0 spiro atoms. The topological polar surface area (TPSA) is 65.1 Å². The molecule has 1 amide bonds. The standard InChI is InChI=1S/C26H28BrNO5S2/c1-3-32-22-15-18(11-12-21(22)33-17-19-8-7-9-20(27)14-19)16-23-25(30)28(26(34)35-23)13-6-4-5-10-24(29)31-2/h7-9,11-12,14-16H,3-6,10,13,17H2,1-2H3/b23-16+. The Morgan fingerprint density at radius 1 is 1.11 bits per heavy atom. The maximum Gasteiger partial charge on any atom is 0.305 e. The molecule has 0 unspecified atom stereocenters. The largest absolute Gasteiger partial charge is 0.490 e. The molecule has 0 radical (unpaired) electrons.